The van der Waals surface area contributed by atoms with E-state index in [1.54, 1.807) is 6.92 Å². The monoisotopic (exact) mass is 279 g/mol. The lowest BCUT2D eigenvalue weighted by Gasteiger charge is -2.07. The second-order valence-electron chi connectivity index (χ2n) is 3.73. The Morgan fingerprint density at radius 1 is 1.55 bits per heavy atom. The summed E-state index contributed by atoms with van der Waals surface area (Å²) >= 11 is 0. The highest BCUT2D eigenvalue weighted by molar-refractivity contribution is 5.92. The highest BCUT2D eigenvalue weighted by atomic mass is 16.6. The first kappa shape index (κ1) is 13.5. The van der Waals surface area contributed by atoms with Crippen LogP contribution in [-0.2, 0) is 6.61 Å². The third-order valence-electron chi connectivity index (χ3n) is 2.34. The Hall–Kier alpha value is -2.97. The van der Waals surface area contributed by atoms with Crippen LogP contribution in [0, 0.1) is 17.0 Å². The molecule has 1 aromatic heterocycles. The molecule has 0 fully saturated rings. The molecule has 2 aromatic rings. The molecule has 9 nitrogen and oxygen atoms in total. The molecule has 0 atom stereocenters. The van der Waals surface area contributed by atoms with Gasteiger partial charge in [0.05, 0.1) is 4.92 Å². The van der Waals surface area contributed by atoms with Gasteiger partial charge in [0, 0.05) is 13.0 Å². The minimum atomic E-state index is -1.33. The first-order chi connectivity index (χ1) is 9.49. The predicted molar refractivity (Wildman–Crippen MR) is 63.4 cm³/mol. The van der Waals surface area contributed by atoms with Crippen molar-refractivity contribution in [2.24, 2.45) is 0 Å². The molecule has 0 spiro atoms. The van der Waals surface area contributed by atoms with Crippen LogP contribution in [0.3, 0.4) is 0 Å². The summed E-state index contributed by atoms with van der Waals surface area (Å²) in [5.74, 6) is -1.19. The van der Waals surface area contributed by atoms with Gasteiger partial charge in [-0.2, -0.15) is 4.98 Å². The highest BCUT2D eigenvalue weighted by Crippen LogP contribution is 2.31. The molecular weight excluding hydrogens is 270 g/mol. The molecule has 1 heterocycles. The zero-order chi connectivity index (χ0) is 14.7. The number of hydrogen-bond donors (Lipinski definition) is 1. The molecule has 0 saturated carbocycles. The van der Waals surface area contributed by atoms with Gasteiger partial charge in [0.1, 0.15) is 5.56 Å². The number of carboxylic acids is 1. The van der Waals surface area contributed by atoms with Crippen LogP contribution in [0.1, 0.15) is 22.1 Å². The first-order valence-corrected chi connectivity index (χ1v) is 5.41. The minimum Gasteiger partial charge on any atom is -0.478 e. The summed E-state index contributed by atoms with van der Waals surface area (Å²) in [6.45, 7) is 1.34. The number of aromatic nitrogens is 2. The normalized spacial score (nSPS) is 10.2. The van der Waals surface area contributed by atoms with Crippen molar-refractivity contribution in [1.29, 1.82) is 0 Å². The Balaban J connectivity index is 2.32. The van der Waals surface area contributed by atoms with Crippen LogP contribution in [-0.4, -0.2) is 26.1 Å². The van der Waals surface area contributed by atoms with Gasteiger partial charge in [-0.05, 0) is 6.07 Å². The fraction of sp³-hybridized carbons (Fsp3) is 0.182. The number of carboxylic acid groups (broad SMARTS) is 1. The Kier molecular flexibility index (Phi) is 3.60. The number of ether oxygens (including phenoxy) is 1. The molecule has 0 amide bonds. The zero-order valence-electron chi connectivity index (χ0n) is 10.3. The van der Waals surface area contributed by atoms with Crippen LogP contribution < -0.4 is 4.74 Å². The maximum atomic E-state index is 11.1. The number of hydrogen-bond acceptors (Lipinski definition) is 7. The van der Waals surface area contributed by atoms with Crippen LogP contribution >= 0.6 is 0 Å². The van der Waals surface area contributed by atoms with Crippen LogP contribution in [0.25, 0.3) is 0 Å². The van der Waals surface area contributed by atoms with Gasteiger partial charge in [0.2, 0.25) is 17.5 Å². The molecule has 104 valence electrons. The first-order valence-electron chi connectivity index (χ1n) is 5.41. The van der Waals surface area contributed by atoms with Gasteiger partial charge in [-0.25, -0.2) is 4.79 Å². The maximum Gasteiger partial charge on any atom is 0.339 e. The Bertz CT molecular complexity index is 634. The van der Waals surface area contributed by atoms with Gasteiger partial charge < -0.3 is 14.4 Å². The van der Waals surface area contributed by atoms with Crippen molar-refractivity contribution in [3.8, 4) is 5.75 Å². The van der Waals surface area contributed by atoms with Gasteiger partial charge in [-0.15, -0.1) is 0 Å². The number of carbonyl (C=O) groups is 1. The average molecular weight is 279 g/mol. The summed E-state index contributed by atoms with van der Waals surface area (Å²) in [5, 5.41) is 23.5. The number of aryl methyl sites for hydroxylation is 1. The third-order valence-corrected chi connectivity index (χ3v) is 2.34. The fourth-order valence-electron chi connectivity index (χ4n) is 1.53. The molecule has 9 heteroatoms. The number of nitro groups is 1. The van der Waals surface area contributed by atoms with Gasteiger partial charge >= 0.3 is 11.7 Å². The molecule has 0 radical (unpaired) electrons. The number of para-hydroxylation sites is 1. The van der Waals surface area contributed by atoms with Crippen LogP contribution in [0.2, 0.25) is 0 Å². The number of nitro benzene ring substituents is 1. The lowest BCUT2D eigenvalue weighted by atomic mass is 10.2. The second kappa shape index (κ2) is 5.34. The Labute approximate surface area is 111 Å². The SMILES string of the molecule is Cc1nc(COc2c(C(=O)O)cccc2[N+](=O)[O-])no1. The predicted octanol–water partition coefficient (Wildman–Crippen LogP) is 1.56. The molecule has 0 unspecified atom stereocenters. The van der Waals surface area contributed by atoms with Gasteiger partial charge in [-0.1, -0.05) is 11.2 Å². The van der Waals surface area contributed by atoms with Crippen molar-refractivity contribution in [1.82, 2.24) is 10.1 Å². The van der Waals surface area contributed by atoms with E-state index in [4.69, 9.17) is 14.4 Å². The largest absolute Gasteiger partial charge is 0.478 e. The quantitative estimate of drug-likeness (QED) is 0.644. The topological polar surface area (TPSA) is 129 Å². The number of rotatable bonds is 5. The summed E-state index contributed by atoms with van der Waals surface area (Å²) in [7, 11) is 0. The van der Waals surface area contributed by atoms with Gasteiger partial charge in [0.25, 0.3) is 0 Å². The lowest BCUT2D eigenvalue weighted by Crippen LogP contribution is -2.07. The Morgan fingerprint density at radius 2 is 2.30 bits per heavy atom. The van der Waals surface area contributed by atoms with E-state index in [2.05, 4.69) is 10.1 Å². The van der Waals surface area contributed by atoms with Crippen molar-refractivity contribution in [3.05, 3.63) is 45.6 Å². The van der Waals surface area contributed by atoms with Gasteiger partial charge in [-0.3, -0.25) is 10.1 Å². The van der Waals surface area contributed by atoms with Crippen LogP contribution in [0.15, 0.2) is 22.7 Å². The van der Waals surface area contributed by atoms with E-state index in [1.807, 2.05) is 0 Å². The van der Waals surface area contributed by atoms with Crippen molar-refractivity contribution in [2.75, 3.05) is 0 Å². The molecule has 0 bridgehead atoms. The fourth-order valence-corrected chi connectivity index (χ4v) is 1.53. The molecule has 20 heavy (non-hydrogen) atoms. The average Bonchev–Trinajstić information content (AvgIpc) is 2.81. The van der Waals surface area contributed by atoms with Crippen LogP contribution in [0.4, 0.5) is 5.69 Å². The molecule has 1 N–H and O–H groups in total. The molecule has 0 saturated heterocycles. The molecule has 2 rings (SSSR count). The summed E-state index contributed by atoms with van der Waals surface area (Å²) in [5.41, 5.74) is -0.746. The summed E-state index contributed by atoms with van der Waals surface area (Å²) in [6.07, 6.45) is 0. The van der Waals surface area contributed by atoms with E-state index in [-0.39, 0.29) is 23.7 Å². The molecule has 1 aromatic carbocycles. The summed E-state index contributed by atoms with van der Waals surface area (Å²) in [6, 6.07) is 3.64. The van der Waals surface area contributed by atoms with Crippen molar-refractivity contribution in [2.45, 2.75) is 13.5 Å². The van der Waals surface area contributed by atoms with E-state index in [1.165, 1.54) is 12.1 Å². The van der Waals surface area contributed by atoms with Gasteiger partial charge in [0.15, 0.2) is 6.61 Å². The van der Waals surface area contributed by atoms with E-state index >= 15 is 0 Å². The smallest absolute Gasteiger partial charge is 0.339 e. The minimum absolute atomic E-state index is 0.164. The lowest BCUT2D eigenvalue weighted by molar-refractivity contribution is -0.386. The Morgan fingerprint density at radius 3 is 2.85 bits per heavy atom. The molecule has 0 aliphatic heterocycles. The van der Waals surface area contributed by atoms with Crippen molar-refractivity contribution < 1.29 is 24.1 Å². The van der Waals surface area contributed by atoms with Crippen molar-refractivity contribution in [3.63, 3.8) is 0 Å². The molecule has 0 aliphatic rings. The standard InChI is InChI=1S/C11H9N3O6/c1-6-12-9(13-20-6)5-19-10-7(11(15)16)3-2-4-8(10)14(17)18/h2-4H,5H2,1H3,(H,15,16). The van der Waals surface area contributed by atoms with E-state index in [0.717, 1.165) is 6.07 Å². The van der Waals surface area contributed by atoms with E-state index < -0.39 is 16.6 Å². The number of benzene rings is 1. The van der Waals surface area contributed by atoms with E-state index in [0.29, 0.717) is 5.89 Å². The van der Waals surface area contributed by atoms with Crippen molar-refractivity contribution >= 4 is 11.7 Å². The second-order valence-corrected chi connectivity index (χ2v) is 3.73. The molecular formula is C11H9N3O6. The zero-order valence-corrected chi connectivity index (χ0v) is 10.3. The summed E-state index contributed by atoms with van der Waals surface area (Å²) < 4.78 is 9.90. The third kappa shape index (κ3) is 2.71. The summed E-state index contributed by atoms with van der Waals surface area (Å²) in [4.78, 5) is 25.1. The van der Waals surface area contributed by atoms with Crippen LogP contribution in [0.5, 0.6) is 5.75 Å². The molecule has 0 aliphatic carbocycles. The number of aromatic carboxylic acids is 1. The number of nitrogens with zero attached hydrogens (tertiary/aromatic N) is 3. The maximum absolute atomic E-state index is 11.1. The highest BCUT2D eigenvalue weighted by Gasteiger charge is 2.23. The van der Waals surface area contributed by atoms with E-state index in [9.17, 15) is 14.9 Å².